The first kappa shape index (κ1) is 21.0. The van der Waals surface area contributed by atoms with E-state index in [9.17, 15) is 9.59 Å². The fourth-order valence-corrected chi connectivity index (χ4v) is 3.33. The second kappa shape index (κ2) is 9.21. The van der Waals surface area contributed by atoms with Crippen LogP contribution < -0.4 is 24.8 Å². The van der Waals surface area contributed by atoms with Crippen molar-refractivity contribution in [3.63, 3.8) is 0 Å². The first-order valence-electron chi connectivity index (χ1n) is 9.38. The first-order valence-corrected chi connectivity index (χ1v) is 9.38. The zero-order valence-corrected chi connectivity index (χ0v) is 17.3. The minimum atomic E-state index is -0.806. The third-order valence-corrected chi connectivity index (χ3v) is 4.68. The van der Waals surface area contributed by atoms with Gasteiger partial charge in [-0.3, -0.25) is 0 Å². The molecule has 8 nitrogen and oxygen atoms in total. The summed E-state index contributed by atoms with van der Waals surface area (Å²) in [4.78, 5) is 25.3. The molecular weight excluding hydrogens is 388 g/mol. The molecule has 0 aliphatic carbocycles. The molecule has 2 aromatic carbocycles. The number of amides is 2. The average molecular weight is 412 g/mol. The maximum Gasteiger partial charge on any atom is 0.338 e. The lowest BCUT2D eigenvalue weighted by Crippen LogP contribution is -2.45. The van der Waals surface area contributed by atoms with Gasteiger partial charge >= 0.3 is 12.0 Å². The zero-order chi connectivity index (χ0) is 21.7. The molecule has 1 atom stereocenters. The summed E-state index contributed by atoms with van der Waals surface area (Å²) < 4.78 is 21.4. The minimum absolute atomic E-state index is 0.247. The van der Waals surface area contributed by atoms with Crippen molar-refractivity contribution in [1.82, 2.24) is 10.6 Å². The van der Waals surface area contributed by atoms with Crippen LogP contribution in [0.3, 0.4) is 0 Å². The molecule has 30 heavy (non-hydrogen) atoms. The number of esters is 1. The van der Waals surface area contributed by atoms with E-state index in [1.807, 2.05) is 6.92 Å². The average Bonchev–Trinajstić information content (AvgIpc) is 2.78. The SMILES string of the molecule is CCOc1c(OC)cccc1C1NC(=O)NC(c2ccc(OC)cc2)=C1C(=O)OC. The van der Waals surface area contributed by atoms with Gasteiger partial charge in [0.2, 0.25) is 0 Å². The minimum Gasteiger partial charge on any atom is -0.497 e. The van der Waals surface area contributed by atoms with Crippen LogP contribution in [0.2, 0.25) is 0 Å². The van der Waals surface area contributed by atoms with Gasteiger partial charge in [0, 0.05) is 5.56 Å². The highest BCUT2D eigenvalue weighted by molar-refractivity contribution is 6.04. The number of urea groups is 1. The molecule has 0 fully saturated rings. The predicted molar refractivity (Wildman–Crippen MR) is 111 cm³/mol. The quantitative estimate of drug-likeness (QED) is 0.679. The van der Waals surface area contributed by atoms with E-state index in [2.05, 4.69) is 10.6 Å². The summed E-state index contributed by atoms with van der Waals surface area (Å²) >= 11 is 0. The molecule has 1 unspecified atom stereocenters. The topological polar surface area (TPSA) is 95.1 Å². The van der Waals surface area contributed by atoms with Crippen molar-refractivity contribution >= 4 is 17.7 Å². The van der Waals surface area contributed by atoms with Gasteiger partial charge in [0.05, 0.1) is 45.2 Å². The van der Waals surface area contributed by atoms with Gasteiger partial charge in [-0.25, -0.2) is 9.59 Å². The largest absolute Gasteiger partial charge is 0.497 e. The number of para-hydroxylation sites is 1. The normalized spacial score (nSPS) is 15.7. The van der Waals surface area contributed by atoms with Crippen molar-refractivity contribution in [1.29, 1.82) is 0 Å². The molecule has 158 valence electrons. The molecule has 2 aromatic rings. The van der Waals surface area contributed by atoms with E-state index in [0.29, 0.717) is 40.7 Å². The van der Waals surface area contributed by atoms with Gasteiger partial charge in [-0.2, -0.15) is 0 Å². The summed E-state index contributed by atoms with van der Waals surface area (Å²) in [5.74, 6) is 1.02. The van der Waals surface area contributed by atoms with E-state index in [4.69, 9.17) is 18.9 Å². The lowest BCUT2D eigenvalue weighted by Gasteiger charge is -2.30. The number of ether oxygens (including phenoxy) is 4. The Labute approximate surface area is 174 Å². The Balaban J connectivity index is 2.22. The van der Waals surface area contributed by atoms with Crippen LogP contribution in [0.15, 0.2) is 48.0 Å². The second-order valence-electron chi connectivity index (χ2n) is 6.35. The Morgan fingerprint density at radius 3 is 2.37 bits per heavy atom. The van der Waals surface area contributed by atoms with E-state index in [0.717, 1.165) is 0 Å². The molecule has 8 heteroatoms. The van der Waals surface area contributed by atoms with Crippen LogP contribution >= 0.6 is 0 Å². The van der Waals surface area contributed by atoms with E-state index in [1.165, 1.54) is 14.2 Å². The van der Waals surface area contributed by atoms with Crippen molar-refractivity contribution < 1.29 is 28.5 Å². The molecule has 1 heterocycles. The van der Waals surface area contributed by atoms with Gasteiger partial charge in [0.15, 0.2) is 11.5 Å². The van der Waals surface area contributed by atoms with E-state index < -0.39 is 18.0 Å². The molecule has 0 radical (unpaired) electrons. The number of hydrogen-bond donors (Lipinski definition) is 2. The maximum atomic E-state index is 12.8. The third-order valence-electron chi connectivity index (χ3n) is 4.68. The second-order valence-corrected chi connectivity index (χ2v) is 6.35. The summed E-state index contributed by atoms with van der Waals surface area (Å²) in [7, 11) is 4.39. The van der Waals surface area contributed by atoms with Gasteiger partial charge in [-0.1, -0.05) is 12.1 Å². The van der Waals surface area contributed by atoms with Gasteiger partial charge in [0.25, 0.3) is 0 Å². The van der Waals surface area contributed by atoms with Crippen LogP contribution in [-0.2, 0) is 9.53 Å². The standard InChI is InChI=1S/C22H24N2O6/c1-5-30-20-15(7-6-8-16(20)28-3)19-17(21(25)29-4)18(23-22(26)24-19)13-9-11-14(27-2)12-10-13/h6-12,19H,5H2,1-4H3,(H2,23,24,26). The van der Waals surface area contributed by atoms with E-state index in [-0.39, 0.29) is 5.57 Å². The Bertz CT molecular complexity index is 968. The van der Waals surface area contributed by atoms with Gasteiger partial charge in [-0.15, -0.1) is 0 Å². The molecular formula is C22H24N2O6. The number of rotatable bonds is 7. The van der Waals surface area contributed by atoms with E-state index >= 15 is 0 Å². The van der Waals surface area contributed by atoms with Crippen LogP contribution in [0, 0.1) is 0 Å². The molecule has 2 amide bonds. The lowest BCUT2D eigenvalue weighted by molar-refractivity contribution is -0.136. The van der Waals surface area contributed by atoms with Crippen LogP contribution in [0.5, 0.6) is 17.2 Å². The molecule has 1 aliphatic heterocycles. The van der Waals surface area contributed by atoms with Crippen LogP contribution in [-0.4, -0.2) is 39.9 Å². The van der Waals surface area contributed by atoms with Crippen molar-refractivity contribution in [3.8, 4) is 17.2 Å². The number of hydrogen-bond acceptors (Lipinski definition) is 6. The predicted octanol–water partition coefficient (Wildman–Crippen LogP) is 3.04. The Hall–Kier alpha value is -3.68. The van der Waals surface area contributed by atoms with Crippen LogP contribution in [0.4, 0.5) is 4.79 Å². The fourth-order valence-electron chi connectivity index (χ4n) is 3.33. The summed E-state index contributed by atoms with van der Waals surface area (Å²) in [5.41, 5.74) is 1.81. The van der Waals surface area contributed by atoms with Crippen molar-refractivity contribution in [2.45, 2.75) is 13.0 Å². The monoisotopic (exact) mass is 412 g/mol. The van der Waals surface area contributed by atoms with Crippen molar-refractivity contribution in [2.75, 3.05) is 27.9 Å². The Morgan fingerprint density at radius 2 is 1.77 bits per heavy atom. The van der Waals surface area contributed by atoms with E-state index in [1.54, 1.807) is 49.6 Å². The molecule has 0 aromatic heterocycles. The Morgan fingerprint density at radius 1 is 1.03 bits per heavy atom. The number of methoxy groups -OCH3 is 3. The Kier molecular flexibility index (Phi) is 6.46. The molecule has 1 aliphatic rings. The highest BCUT2D eigenvalue weighted by Crippen LogP contribution is 2.40. The molecule has 0 saturated heterocycles. The number of carbonyl (C=O) groups is 2. The molecule has 0 spiro atoms. The number of nitrogens with one attached hydrogen (secondary N) is 2. The van der Waals surface area contributed by atoms with Gasteiger partial charge < -0.3 is 29.6 Å². The lowest BCUT2D eigenvalue weighted by atomic mass is 9.92. The smallest absolute Gasteiger partial charge is 0.338 e. The third kappa shape index (κ3) is 4.03. The van der Waals surface area contributed by atoms with Gasteiger partial charge in [-0.05, 0) is 42.8 Å². The van der Waals surface area contributed by atoms with Crippen LogP contribution in [0.25, 0.3) is 5.70 Å². The summed E-state index contributed by atoms with van der Waals surface area (Å²) in [6.07, 6.45) is 0. The molecule has 3 rings (SSSR count). The van der Waals surface area contributed by atoms with Crippen molar-refractivity contribution in [2.24, 2.45) is 0 Å². The first-order chi connectivity index (χ1) is 14.5. The summed E-state index contributed by atoms with van der Waals surface area (Å²) in [5, 5.41) is 5.53. The number of benzene rings is 2. The van der Waals surface area contributed by atoms with Crippen LogP contribution in [0.1, 0.15) is 24.1 Å². The number of carbonyl (C=O) groups excluding carboxylic acids is 2. The summed E-state index contributed by atoms with van der Waals surface area (Å²) in [6, 6.07) is 11.1. The van der Waals surface area contributed by atoms with Gasteiger partial charge in [0.1, 0.15) is 5.75 Å². The maximum absolute atomic E-state index is 12.8. The zero-order valence-electron chi connectivity index (χ0n) is 17.3. The molecule has 2 N–H and O–H groups in total. The van der Waals surface area contributed by atoms with Crippen molar-refractivity contribution in [3.05, 3.63) is 59.2 Å². The summed E-state index contributed by atoms with van der Waals surface area (Å²) in [6.45, 7) is 2.23. The highest BCUT2D eigenvalue weighted by Gasteiger charge is 2.36. The highest BCUT2D eigenvalue weighted by atomic mass is 16.5. The molecule has 0 saturated carbocycles. The fraction of sp³-hybridized carbons (Fsp3) is 0.273. The molecule has 0 bridgehead atoms.